The van der Waals surface area contributed by atoms with Crippen LogP contribution in [0.1, 0.15) is 40.7 Å². The minimum atomic E-state index is -0.875. The van der Waals surface area contributed by atoms with Crippen LogP contribution >= 0.6 is 0 Å². The Balaban J connectivity index is 1.37. The lowest BCUT2D eigenvalue weighted by Gasteiger charge is -2.32. The summed E-state index contributed by atoms with van der Waals surface area (Å²) < 4.78 is 0. The van der Waals surface area contributed by atoms with E-state index >= 15 is 0 Å². The van der Waals surface area contributed by atoms with Crippen LogP contribution in [0.4, 0.5) is 0 Å². The number of likely N-dealkylation sites (tertiary alicyclic amines) is 1. The molecule has 2 aromatic rings. The Labute approximate surface area is 165 Å². The molecule has 6 heteroatoms. The molecule has 1 fully saturated rings. The van der Waals surface area contributed by atoms with Crippen molar-refractivity contribution >= 4 is 11.9 Å². The lowest BCUT2D eigenvalue weighted by molar-refractivity contribution is -0.121. The molecule has 6 nitrogen and oxygen atoms in total. The number of amides is 1. The molecule has 28 heavy (non-hydrogen) atoms. The van der Waals surface area contributed by atoms with E-state index in [0.29, 0.717) is 37.4 Å². The minimum Gasteiger partial charge on any atom is -0.478 e. The van der Waals surface area contributed by atoms with Crippen molar-refractivity contribution in [3.8, 4) is 0 Å². The van der Waals surface area contributed by atoms with Crippen LogP contribution in [0, 0.1) is 5.92 Å². The molecule has 0 saturated carbocycles. The van der Waals surface area contributed by atoms with Gasteiger partial charge < -0.3 is 10.4 Å². The van der Waals surface area contributed by atoms with Gasteiger partial charge >= 0.3 is 5.97 Å². The number of pyridine rings is 1. The van der Waals surface area contributed by atoms with E-state index in [-0.39, 0.29) is 5.91 Å². The van der Waals surface area contributed by atoms with Crippen LogP contribution < -0.4 is 5.32 Å². The Morgan fingerprint density at radius 2 is 1.93 bits per heavy atom. The number of carboxylic acids is 1. The standard InChI is InChI=1S/C22H27N3O3/c26-21(8-7-17-4-3-11-23-14-17)24-15-18-9-12-25(13-10-18)16-19-5-1-2-6-20(19)22(27)28/h1-6,11,14,18H,7-10,12-13,15-16H2,(H,24,26)(H,27,28). The van der Waals surface area contributed by atoms with Crippen molar-refractivity contribution in [3.05, 3.63) is 65.5 Å². The fraction of sp³-hybridized carbons (Fsp3) is 0.409. The summed E-state index contributed by atoms with van der Waals surface area (Å²) in [5.41, 5.74) is 2.32. The van der Waals surface area contributed by atoms with Crippen molar-refractivity contribution in [3.63, 3.8) is 0 Å². The molecule has 1 amide bonds. The Bertz CT molecular complexity index is 787. The highest BCUT2D eigenvalue weighted by atomic mass is 16.4. The number of rotatable bonds is 8. The Hall–Kier alpha value is -2.73. The number of hydrogen-bond acceptors (Lipinski definition) is 4. The average Bonchev–Trinajstić information content (AvgIpc) is 2.73. The maximum atomic E-state index is 12.1. The monoisotopic (exact) mass is 381 g/mol. The number of nitrogens with one attached hydrogen (secondary N) is 1. The molecular formula is C22H27N3O3. The second-order valence-electron chi connectivity index (χ2n) is 7.35. The average molecular weight is 381 g/mol. The third-order valence-corrected chi connectivity index (χ3v) is 5.30. The molecule has 1 aromatic carbocycles. The number of carbonyl (C=O) groups is 2. The molecule has 1 aliphatic heterocycles. The van der Waals surface area contributed by atoms with E-state index in [2.05, 4.69) is 15.2 Å². The largest absolute Gasteiger partial charge is 0.478 e. The lowest BCUT2D eigenvalue weighted by atomic mass is 9.96. The first-order valence-corrected chi connectivity index (χ1v) is 9.81. The molecular weight excluding hydrogens is 354 g/mol. The summed E-state index contributed by atoms with van der Waals surface area (Å²) in [5, 5.41) is 12.4. The third-order valence-electron chi connectivity index (χ3n) is 5.30. The Morgan fingerprint density at radius 3 is 2.64 bits per heavy atom. The van der Waals surface area contributed by atoms with Crippen molar-refractivity contribution in [1.82, 2.24) is 15.2 Å². The number of aromatic nitrogens is 1. The number of hydrogen-bond donors (Lipinski definition) is 2. The summed E-state index contributed by atoms with van der Waals surface area (Å²) in [5.74, 6) is -0.311. The lowest BCUT2D eigenvalue weighted by Crippen LogP contribution is -2.38. The summed E-state index contributed by atoms with van der Waals surface area (Å²) >= 11 is 0. The number of carboxylic acid groups (broad SMARTS) is 1. The number of piperidine rings is 1. The van der Waals surface area contributed by atoms with Crippen molar-refractivity contribution < 1.29 is 14.7 Å². The maximum Gasteiger partial charge on any atom is 0.336 e. The number of carbonyl (C=O) groups excluding carboxylic acids is 1. The SMILES string of the molecule is O=C(CCc1cccnc1)NCC1CCN(Cc2ccccc2C(=O)O)CC1. The van der Waals surface area contributed by atoms with E-state index in [1.807, 2.05) is 24.3 Å². The molecule has 2 heterocycles. The van der Waals surface area contributed by atoms with Gasteiger partial charge in [0, 0.05) is 31.9 Å². The van der Waals surface area contributed by atoms with Crippen LogP contribution in [0.2, 0.25) is 0 Å². The van der Waals surface area contributed by atoms with E-state index in [1.54, 1.807) is 24.5 Å². The van der Waals surface area contributed by atoms with Crippen LogP contribution in [0.25, 0.3) is 0 Å². The summed E-state index contributed by atoms with van der Waals surface area (Å²) in [6.45, 7) is 3.21. The van der Waals surface area contributed by atoms with E-state index in [1.165, 1.54) is 0 Å². The fourth-order valence-corrected chi connectivity index (χ4v) is 3.61. The smallest absolute Gasteiger partial charge is 0.336 e. The molecule has 0 aliphatic carbocycles. The van der Waals surface area contributed by atoms with Gasteiger partial charge in [-0.25, -0.2) is 4.79 Å². The summed E-state index contributed by atoms with van der Waals surface area (Å²) in [6.07, 6.45) is 6.75. The van der Waals surface area contributed by atoms with Gasteiger partial charge in [0.1, 0.15) is 0 Å². The Morgan fingerprint density at radius 1 is 1.14 bits per heavy atom. The summed E-state index contributed by atoms with van der Waals surface area (Å²) in [4.78, 5) is 29.8. The van der Waals surface area contributed by atoms with Crippen LogP contribution in [0.15, 0.2) is 48.8 Å². The predicted molar refractivity (Wildman–Crippen MR) is 107 cm³/mol. The number of aryl methyl sites for hydroxylation is 1. The molecule has 1 saturated heterocycles. The van der Waals surface area contributed by atoms with Gasteiger partial charge in [0.05, 0.1) is 5.56 Å². The topological polar surface area (TPSA) is 82.5 Å². The summed E-state index contributed by atoms with van der Waals surface area (Å²) in [6, 6.07) is 11.1. The van der Waals surface area contributed by atoms with Crippen molar-refractivity contribution in [2.24, 2.45) is 5.92 Å². The van der Waals surface area contributed by atoms with Crippen LogP contribution in [0.3, 0.4) is 0 Å². The van der Waals surface area contributed by atoms with E-state index in [4.69, 9.17) is 0 Å². The number of nitrogens with zero attached hydrogens (tertiary/aromatic N) is 2. The molecule has 0 radical (unpaired) electrons. The van der Waals surface area contributed by atoms with Crippen molar-refractivity contribution in [2.75, 3.05) is 19.6 Å². The van der Waals surface area contributed by atoms with Gasteiger partial charge in [-0.15, -0.1) is 0 Å². The zero-order chi connectivity index (χ0) is 19.8. The molecule has 0 atom stereocenters. The molecule has 3 rings (SSSR count). The molecule has 2 N–H and O–H groups in total. The molecule has 1 aliphatic rings. The number of aromatic carboxylic acids is 1. The van der Waals surface area contributed by atoms with Crippen LogP contribution in [-0.2, 0) is 17.8 Å². The minimum absolute atomic E-state index is 0.0849. The maximum absolute atomic E-state index is 12.1. The fourth-order valence-electron chi connectivity index (χ4n) is 3.61. The Kier molecular flexibility index (Phi) is 7.14. The van der Waals surface area contributed by atoms with Gasteiger partial charge in [-0.05, 0) is 61.5 Å². The predicted octanol–water partition coefficient (Wildman–Crippen LogP) is 2.74. The van der Waals surface area contributed by atoms with Gasteiger partial charge in [0.25, 0.3) is 0 Å². The molecule has 0 spiro atoms. The van der Waals surface area contributed by atoms with Crippen LogP contribution in [-0.4, -0.2) is 46.5 Å². The van der Waals surface area contributed by atoms with Gasteiger partial charge in [-0.1, -0.05) is 24.3 Å². The molecule has 148 valence electrons. The highest BCUT2D eigenvalue weighted by molar-refractivity contribution is 5.89. The second-order valence-corrected chi connectivity index (χ2v) is 7.35. The van der Waals surface area contributed by atoms with E-state index in [0.717, 1.165) is 37.1 Å². The highest BCUT2D eigenvalue weighted by Gasteiger charge is 2.21. The van der Waals surface area contributed by atoms with Crippen LogP contribution in [0.5, 0.6) is 0 Å². The molecule has 0 unspecified atom stereocenters. The van der Waals surface area contributed by atoms with E-state index < -0.39 is 5.97 Å². The quantitative estimate of drug-likeness (QED) is 0.735. The second kappa shape index (κ2) is 9.99. The van der Waals surface area contributed by atoms with Crippen molar-refractivity contribution in [2.45, 2.75) is 32.2 Å². The molecule has 1 aromatic heterocycles. The third kappa shape index (κ3) is 5.89. The summed E-state index contributed by atoms with van der Waals surface area (Å²) in [7, 11) is 0. The zero-order valence-electron chi connectivity index (χ0n) is 16.0. The number of benzene rings is 1. The van der Waals surface area contributed by atoms with Crippen molar-refractivity contribution in [1.29, 1.82) is 0 Å². The van der Waals surface area contributed by atoms with Gasteiger partial charge in [-0.2, -0.15) is 0 Å². The normalized spacial score (nSPS) is 15.3. The first kappa shape index (κ1) is 20.0. The van der Waals surface area contributed by atoms with Gasteiger partial charge in [0.2, 0.25) is 5.91 Å². The highest BCUT2D eigenvalue weighted by Crippen LogP contribution is 2.20. The van der Waals surface area contributed by atoms with Gasteiger partial charge in [-0.3, -0.25) is 14.7 Å². The first-order chi connectivity index (χ1) is 13.6. The van der Waals surface area contributed by atoms with E-state index in [9.17, 15) is 14.7 Å². The first-order valence-electron chi connectivity index (χ1n) is 9.81. The zero-order valence-corrected chi connectivity index (χ0v) is 16.0. The van der Waals surface area contributed by atoms with Gasteiger partial charge in [0.15, 0.2) is 0 Å². The molecule has 0 bridgehead atoms.